The van der Waals surface area contributed by atoms with Gasteiger partial charge in [-0.25, -0.2) is 0 Å². The van der Waals surface area contributed by atoms with Crippen molar-refractivity contribution in [2.75, 3.05) is 5.32 Å². The maximum Gasteiger partial charge on any atom is 0.256 e. The summed E-state index contributed by atoms with van der Waals surface area (Å²) in [4.78, 5) is 24.5. The molecule has 1 heterocycles. The number of hydrogen-bond donors (Lipinski definition) is 1. The van der Waals surface area contributed by atoms with E-state index in [4.69, 9.17) is 0 Å². The smallest absolute Gasteiger partial charge is 0.256 e. The summed E-state index contributed by atoms with van der Waals surface area (Å²) in [6, 6.07) is 18.0. The number of hydrogen-bond acceptors (Lipinski definition) is 4. The largest absolute Gasteiger partial charge is 0.545 e. The van der Waals surface area contributed by atoms with Crippen molar-refractivity contribution >= 4 is 28.2 Å². The number of anilines is 1. The summed E-state index contributed by atoms with van der Waals surface area (Å²) in [5.41, 5.74) is 2.39. The average Bonchev–Trinajstić information content (AvgIpc) is 3.00. The van der Waals surface area contributed by atoms with E-state index in [9.17, 15) is 14.7 Å². The molecule has 1 N–H and O–H groups in total. The van der Waals surface area contributed by atoms with E-state index in [0.717, 1.165) is 16.0 Å². The van der Waals surface area contributed by atoms with Crippen molar-refractivity contribution in [1.82, 2.24) is 0 Å². The third kappa shape index (κ3) is 3.36. The van der Waals surface area contributed by atoms with Gasteiger partial charge in [-0.3, -0.25) is 4.79 Å². The molecule has 4 nitrogen and oxygen atoms in total. The zero-order valence-electron chi connectivity index (χ0n) is 12.9. The normalized spacial score (nSPS) is 10.4. The third-order valence-electron chi connectivity index (χ3n) is 3.55. The van der Waals surface area contributed by atoms with Gasteiger partial charge in [-0.05, 0) is 30.7 Å². The number of thiophene rings is 1. The van der Waals surface area contributed by atoms with Gasteiger partial charge < -0.3 is 15.2 Å². The number of benzene rings is 2. The van der Waals surface area contributed by atoms with Crippen LogP contribution in [-0.2, 0) is 0 Å². The number of rotatable bonds is 4. The monoisotopic (exact) mass is 336 g/mol. The molecule has 0 saturated heterocycles. The van der Waals surface area contributed by atoms with Crippen LogP contribution >= 0.6 is 11.3 Å². The van der Waals surface area contributed by atoms with Gasteiger partial charge in [-0.1, -0.05) is 48.0 Å². The lowest BCUT2D eigenvalue weighted by Crippen LogP contribution is -2.23. The molecule has 0 fully saturated rings. The summed E-state index contributed by atoms with van der Waals surface area (Å²) in [6.45, 7) is 1.93. The molecule has 3 rings (SSSR count). The number of carboxylic acid groups (broad SMARTS) is 1. The quantitative estimate of drug-likeness (QED) is 0.794. The maximum atomic E-state index is 12.3. The highest BCUT2D eigenvalue weighted by atomic mass is 32.1. The van der Waals surface area contributed by atoms with Gasteiger partial charge in [0.2, 0.25) is 0 Å². The molecule has 0 aliphatic rings. The van der Waals surface area contributed by atoms with Gasteiger partial charge in [0.15, 0.2) is 0 Å². The fraction of sp³-hybridized carbons (Fsp3) is 0.0526. The highest BCUT2D eigenvalue weighted by molar-refractivity contribution is 7.20. The first-order valence-corrected chi connectivity index (χ1v) is 8.15. The van der Waals surface area contributed by atoms with Crippen LogP contribution in [0.25, 0.3) is 10.4 Å². The zero-order chi connectivity index (χ0) is 17.1. The minimum Gasteiger partial charge on any atom is -0.545 e. The number of aryl methyl sites for hydroxylation is 1. The van der Waals surface area contributed by atoms with E-state index in [0.29, 0.717) is 5.56 Å². The molecule has 2 aromatic carbocycles. The summed E-state index contributed by atoms with van der Waals surface area (Å²) < 4.78 is 0. The lowest BCUT2D eigenvalue weighted by Gasteiger charge is -2.07. The lowest BCUT2D eigenvalue weighted by atomic mass is 10.1. The molecule has 0 radical (unpaired) electrons. The van der Waals surface area contributed by atoms with Crippen molar-refractivity contribution in [3.05, 3.63) is 77.4 Å². The number of carboxylic acids is 1. The van der Waals surface area contributed by atoms with Crippen LogP contribution in [0.4, 0.5) is 5.00 Å². The fourth-order valence-corrected chi connectivity index (χ4v) is 3.31. The van der Waals surface area contributed by atoms with Gasteiger partial charge in [0, 0.05) is 16.0 Å². The fourth-order valence-electron chi connectivity index (χ4n) is 2.26. The third-order valence-corrected chi connectivity index (χ3v) is 4.65. The lowest BCUT2D eigenvalue weighted by molar-refractivity contribution is -0.254. The molecule has 0 aliphatic heterocycles. The van der Waals surface area contributed by atoms with Crippen molar-refractivity contribution < 1.29 is 14.7 Å². The molecule has 120 valence electrons. The molecular formula is C19H14NO3S-. The van der Waals surface area contributed by atoms with Crippen molar-refractivity contribution in [2.45, 2.75) is 6.92 Å². The van der Waals surface area contributed by atoms with Crippen LogP contribution in [0, 0.1) is 6.92 Å². The van der Waals surface area contributed by atoms with E-state index in [-0.39, 0.29) is 16.5 Å². The van der Waals surface area contributed by atoms with E-state index < -0.39 is 5.97 Å². The first-order valence-electron chi connectivity index (χ1n) is 7.33. The SMILES string of the molecule is Cc1ccc(C(=O)Nc2sc(-c3ccccc3)cc2C(=O)[O-])cc1. The number of carbonyl (C=O) groups is 2. The van der Waals surface area contributed by atoms with Crippen LogP contribution in [0.3, 0.4) is 0 Å². The molecule has 0 bridgehead atoms. The van der Waals surface area contributed by atoms with E-state index in [1.807, 2.05) is 49.4 Å². The zero-order valence-corrected chi connectivity index (χ0v) is 13.7. The average molecular weight is 336 g/mol. The summed E-state index contributed by atoms with van der Waals surface area (Å²) >= 11 is 1.21. The molecule has 0 aliphatic carbocycles. The van der Waals surface area contributed by atoms with Gasteiger partial charge in [-0.2, -0.15) is 0 Å². The van der Waals surface area contributed by atoms with E-state index in [2.05, 4.69) is 5.32 Å². The van der Waals surface area contributed by atoms with Crippen molar-refractivity contribution in [2.24, 2.45) is 0 Å². The van der Waals surface area contributed by atoms with Gasteiger partial charge in [0.1, 0.15) is 5.00 Å². The second-order valence-electron chi connectivity index (χ2n) is 5.33. The minimum absolute atomic E-state index is 0.0145. The van der Waals surface area contributed by atoms with Crippen LogP contribution in [0.2, 0.25) is 0 Å². The molecule has 1 amide bonds. The standard InChI is InChI=1S/C19H15NO3S/c1-12-7-9-14(10-8-12)17(21)20-18-15(19(22)23)11-16(24-18)13-5-3-2-4-6-13/h2-11H,1H3,(H,20,21)(H,22,23)/p-1. The molecule has 24 heavy (non-hydrogen) atoms. The molecular weight excluding hydrogens is 322 g/mol. The van der Waals surface area contributed by atoms with Crippen LogP contribution < -0.4 is 10.4 Å². The number of amides is 1. The second kappa shape index (κ2) is 6.68. The molecule has 0 unspecified atom stereocenters. The highest BCUT2D eigenvalue weighted by Gasteiger charge is 2.15. The number of carbonyl (C=O) groups excluding carboxylic acids is 2. The van der Waals surface area contributed by atoms with E-state index in [1.165, 1.54) is 17.4 Å². The Hall–Kier alpha value is -2.92. The molecule has 0 saturated carbocycles. The first kappa shape index (κ1) is 16.0. The summed E-state index contributed by atoms with van der Waals surface area (Å²) in [5.74, 6) is -1.66. The highest BCUT2D eigenvalue weighted by Crippen LogP contribution is 2.35. The van der Waals surface area contributed by atoms with Gasteiger partial charge >= 0.3 is 0 Å². The molecule has 0 atom stereocenters. The van der Waals surface area contributed by atoms with Crippen LogP contribution in [0.5, 0.6) is 0 Å². The Bertz CT molecular complexity index is 883. The Balaban J connectivity index is 1.92. The Labute approximate surface area is 143 Å². The molecule has 3 aromatic rings. The molecule has 5 heteroatoms. The van der Waals surface area contributed by atoms with Gasteiger partial charge in [-0.15, -0.1) is 11.3 Å². The Morgan fingerprint density at radius 2 is 1.67 bits per heavy atom. The Morgan fingerprint density at radius 3 is 2.29 bits per heavy atom. The molecule has 0 spiro atoms. The predicted octanol–water partition coefficient (Wildman–Crippen LogP) is 3.34. The summed E-state index contributed by atoms with van der Waals surface area (Å²) in [7, 11) is 0. The summed E-state index contributed by atoms with van der Waals surface area (Å²) in [5, 5.41) is 14.3. The van der Waals surface area contributed by atoms with Gasteiger partial charge in [0.25, 0.3) is 5.91 Å². The number of nitrogens with one attached hydrogen (secondary N) is 1. The molecule has 1 aromatic heterocycles. The predicted molar refractivity (Wildman–Crippen MR) is 93.2 cm³/mol. The summed E-state index contributed by atoms with van der Waals surface area (Å²) in [6.07, 6.45) is 0. The maximum absolute atomic E-state index is 12.3. The van der Waals surface area contributed by atoms with Crippen molar-refractivity contribution in [3.63, 3.8) is 0 Å². The Kier molecular flexibility index (Phi) is 4.44. The van der Waals surface area contributed by atoms with E-state index in [1.54, 1.807) is 12.1 Å². The van der Waals surface area contributed by atoms with Crippen molar-refractivity contribution in [1.29, 1.82) is 0 Å². The van der Waals surface area contributed by atoms with Crippen LogP contribution in [-0.4, -0.2) is 11.9 Å². The topological polar surface area (TPSA) is 69.2 Å². The minimum atomic E-state index is -1.31. The Morgan fingerprint density at radius 1 is 1.00 bits per heavy atom. The first-order chi connectivity index (χ1) is 11.5. The van der Waals surface area contributed by atoms with Crippen molar-refractivity contribution in [3.8, 4) is 10.4 Å². The van der Waals surface area contributed by atoms with Crippen LogP contribution in [0.1, 0.15) is 26.3 Å². The second-order valence-corrected chi connectivity index (χ2v) is 6.38. The van der Waals surface area contributed by atoms with E-state index >= 15 is 0 Å². The number of aromatic carboxylic acids is 1. The van der Waals surface area contributed by atoms with Crippen LogP contribution in [0.15, 0.2) is 60.7 Å². The van der Waals surface area contributed by atoms with Gasteiger partial charge in [0.05, 0.1) is 5.97 Å².